The minimum absolute atomic E-state index is 0.363. The summed E-state index contributed by atoms with van der Waals surface area (Å²) in [5.74, 6) is -0.521. The van der Waals surface area contributed by atoms with E-state index in [1.807, 2.05) is 6.07 Å². The number of nitrogens with one attached hydrogen (secondary N) is 2. The third-order valence-electron chi connectivity index (χ3n) is 2.94. The quantitative estimate of drug-likeness (QED) is 0.798. The second kappa shape index (κ2) is 6.51. The third kappa shape index (κ3) is 4.04. The first kappa shape index (κ1) is 14.5. The zero-order valence-electron chi connectivity index (χ0n) is 11.6. The van der Waals surface area contributed by atoms with E-state index in [4.69, 9.17) is 5.73 Å². The number of aryl methyl sites for hydroxylation is 1. The van der Waals surface area contributed by atoms with E-state index < -0.39 is 5.91 Å². The van der Waals surface area contributed by atoms with Gasteiger partial charge in [0.05, 0.1) is 0 Å². The highest BCUT2D eigenvalue weighted by Crippen LogP contribution is 2.14. The average Bonchev–Trinajstić information content (AvgIpc) is 2.48. The Kier molecular flexibility index (Phi) is 4.50. The molecule has 108 valence electrons. The topological polar surface area (TPSA) is 97.1 Å². The van der Waals surface area contributed by atoms with Crippen LogP contribution in [0.25, 0.3) is 0 Å². The summed E-state index contributed by atoms with van der Waals surface area (Å²) >= 11 is 0. The molecule has 0 unspecified atom stereocenters. The summed E-state index contributed by atoms with van der Waals surface area (Å²) in [7, 11) is 0. The highest BCUT2D eigenvalue weighted by Gasteiger charge is 2.08. The minimum atomic E-state index is -0.521. The Balaban J connectivity index is 1.97. The number of rotatable bonds is 4. The molecule has 3 amide bonds. The summed E-state index contributed by atoms with van der Waals surface area (Å²) < 4.78 is 0. The van der Waals surface area contributed by atoms with Gasteiger partial charge >= 0.3 is 6.03 Å². The lowest BCUT2D eigenvalue weighted by Crippen LogP contribution is -2.28. The highest BCUT2D eigenvalue weighted by molar-refractivity contribution is 5.97. The van der Waals surface area contributed by atoms with Crippen molar-refractivity contribution in [2.75, 3.05) is 5.32 Å². The number of carbonyl (C=O) groups excluding carboxylic acids is 2. The van der Waals surface area contributed by atoms with Gasteiger partial charge in [-0.05, 0) is 36.2 Å². The van der Waals surface area contributed by atoms with Gasteiger partial charge in [-0.2, -0.15) is 0 Å². The SMILES string of the molecule is Cc1ccc(NC(=O)NCc2cccnc2)cc1C(N)=O. The third-order valence-corrected chi connectivity index (χ3v) is 2.94. The first-order chi connectivity index (χ1) is 10.1. The Labute approximate surface area is 122 Å². The molecule has 4 N–H and O–H groups in total. The number of nitrogens with two attached hydrogens (primary N) is 1. The van der Waals surface area contributed by atoms with E-state index in [1.165, 1.54) is 0 Å². The molecule has 2 aromatic rings. The van der Waals surface area contributed by atoms with Gasteiger partial charge < -0.3 is 16.4 Å². The molecule has 1 aromatic carbocycles. The fraction of sp³-hybridized carbons (Fsp3) is 0.133. The predicted octanol–water partition coefficient (Wildman–Crippen LogP) is 1.81. The van der Waals surface area contributed by atoms with E-state index in [0.717, 1.165) is 11.1 Å². The molecule has 0 aliphatic rings. The summed E-state index contributed by atoms with van der Waals surface area (Å²) in [6.45, 7) is 2.15. The number of hydrogen-bond acceptors (Lipinski definition) is 3. The van der Waals surface area contributed by atoms with Crippen molar-refractivity contribution in [3.05, 3.63) is 59.4 Å². The Bertz CT molecular complexity index is 656. The Morgan fingerprint density at radius 2 is 2.10 bits per heavy atom. The van der Waals surface area contributed by atoms with E-state index >= 15 is 0 Å². The molecule has 0 radical (unpaired) electrons. The van der Waals surface area contributed by atoms with E-state index in [0.29, 0.717) is 17.8 Å². The molecule has 0 bridgehead atoms. The second-order valence-corrected chi connectivity index (χ2v) is 4.56. The lowest BCUT2D eigenvalue weighted by atomic mass is 10.1. The van der Waals surface area contributed by atoms with Crippen molar-refractivity contribution >= 4 is 17.6 Å². The molecule has 1 aromatic heterocycles. The molecule has 21 heavy (non-hydrogen) atoms. The maximum atomic E-state index is 11.8. The highest BCUT2D eigenvalue weighted by atomic mass is 16.2. The van der Waals surface area contributed by atoms with Gasteiger partial charge in [-0.1, -0.05) is 12.1 Å². The monoisotopic (exact) mass is 284 g/mol. The maximum Gasteiger partial charge on any atom is 0.319 e. The number of pyridine rings is 1. The molecule has 0 saturated heterocycles. The van der Waals surface area contributed by atoms with Crippen molar-refractivity contribution in [1.29, 1.82) is 0 Å². The van der Waals surface area contributed by atoms with Crippen LogP contribution in [0.2, 0.25) is 0 Å². The lowest BCUT2D eigenvalue weighted by molar-refractivity contribution is 0.0999. The molecular formula is C15H16N4O2. The van der Waals surface area contributed by atoms with Crippen LogP contribution in [-0.4, -0.2) is 16.9 Å². The zero-order valence-corrected chi connectivity index (χ0v) is 11.6. The van der Waals surface area contributed by atoms with Crippen LogP contribution in [0.5, 0.6) is 0 Å². The smallest absolute Gasteiger partial charge is 0.319 e. The number of amides is 3. The van der Waals surface area contributed by atoms with Gasteiger partial charge in [0.1, 0.15) is 0 Å². The molecule has 6 nitrogen and oxygen atoms in total. The fourth-order valence-corrected chi connectivity index (χ4v) is 1.83. The molecule has 1 heterocycles. The zero-order chi connectivity index (χ0) is 15.2. The van der Waals surface area contributed by atoms with Gasteiger partial charge in [0.25, 0.3) is 0 Å². The van der Waals surface area contributed by atoms with Crippen LogP contribution >= 0.6 is 0 Å². The number of anilines is 1. The summed E-state index contributed by atoms with van der Waals surface area (Å²) in [5, 5.41) is 5.36. The number of urea groups is 1. The summed E-state index contributed by atoms with van der Waals surface area (Å²) in [6, 6.07) is 8.31. The van der Waals surface area contributed by atoms with Crippen LogP contribution < -0.4 is 16.4 Å². The molecule has 0 fully saturated rings. The van der Waals surface area contributed by atoms with Gasteiger partial charge in [-0.3, -0.25) is 9.78 Å². The molecule has 0 saturated carbocycles. The molecule has 6 heteroatoms. The van der Waals surface area contributed by atoms with Crippen LogP contribution in [0.15, 0.2) is 42.7 Å². The molecule has 0 aliphatic carbocycles. The normalized spacial score (nSPS) is 9.95. The summed E-state index contributed by atoms with van der Waals surface area (Å²) in [4.78, 5) is 27.0. The first-order valence-electron chi connectivity index (χ1n) is 6.40. The molecule has 0 atom stereocenters. The predicted molar refractivity (Wildman–Crippen MR) is 79.8 cm³/mol. The lowest BCUT2D eigenvalue weighted by Gasteiger charge is -2.09. The fourth-order valence-electron chi connectivity index (χ4n) is 1.83. The van der Waals surface area contributed by atoms with Crippen molar-refractivity contribution in [3.8, 4) is 0 Å². The van der Waals surface area contributed by atoms with Crippen molar-refractivity contribution < 1.29 is 9.59 Å². The first-order valence-corrected chi connectivity index (χ1v) is 6.40. The van der Waals surface area contributed by atoms with Gasteiger partial charge in [0.15, 0.2) is 0 Å². The van der Waals surface area contributed by atoms with Gasteiger partial charge in [0.2, 0.25) is 5.91 Å². The molecule has 0 aliphatic heterocycles. The maximum absolute atomic E-state index is 11.8. The molecule has 2 rings (SSSR count). The largest absolute Gasteiger partial charge is 0.366 e. The van der Waals surface area contributed by atoms with Gasteiger partial charge in [-0.25, -0.2) is 4.79 Å². The second-order valence-electron chi connectivity index (χ2n) is 4.56. The Morgan fingerprint density at radius 3 is 2.76 bits per heavy atom. The van der Waals surface area contributed by atoms with E-state index in [1.54, 1.807) is 43.6 Å². The van der Waals surface area contributed by atoms with Crippen LogP contribution in [-0.2, 0) is 6.54 Å². The number of primary amides is 1. The Hall–Kier alpha value is -2.89. The van der Waals surface area contributed by atoms with E-state index in [-0.39, 0.29) is 6.03 Å². The minimum Gasteiger partial charge on any atom is -0.366 e. The number of carbonyl (C=O) groups is 2. The molecular weight excluding hydrogens is 268 g/mol. The molecule has 0 spiro atoms. The Morgan fingerprint density at radius 1 is 1.29 bits per heavy atom. The standard InChI is InChI=1S/C15H16N4O2/c1-10-4-5-12(7-13(10)14(16)20)19-15(21)18-9-11-3-2-6-17-8-11/h2-8H,9H2,1H3,(H2,16,20)(H2,18,19,21). The van der Waals surface area contributed by atoms with Crippen LogP contribution in [0.3, 0.4) is 0 Å². The van der Waals surface area contributed by atoms with Crippen molar-refractivity contribution in [2.24, 2.45) is 5.73 Å². The van der Waals surface area contributed by atoms with Gasteiger partial charge in [0, 0.05) is 30.2 Å². The van der Waals surface area contributed by atoms with Crippen LogP contribution in [0.1, 0.15) is 21.5 Å². The average molecular weight is 284 g/mol. The summed E-state index contributed by atoms with van der Waals surface area (Å²) in [5.41, 5.74) is 7.84. The van der Waals surface area contributed by atoms with Gasteiger partial charge in [-0.15, -0.1) is 0 Å². The number of aromatic nitrogens is 1. The number of hydrogen-bond donors (Lipinski definition) is 3. The number of nitrogens with zero attached hydrogens (tertiary/aromatic N) is 1. The number of benzene rings is 1. The van der Waals surface area contributed by atoms with Crippen molar-refractivity contribution in [1.82, 2.24) is 10.3 Å². The van der Waals surface area contributed by atoms with Crippen molar-refractivity contribution in [3.63, 3.8) is 0 Å². The van der Waals surface area contributed by atoms with Crippen LogP contribution in [0, 0.1) is 6.92 Å². The van der Waals surface area contributed by atoms with Crippen LogP contribution in [0.4, 0.5) is 10.5 Å². The van der Waals surface area contributed by atoms with E-state index in [9.17, 15) is 9.59 Å². The van der Waals surface area contributed by atoms with E-state index in [2.05, 4.69) is 15.6 Å². The van der Waals surface area contributed by atoms with Crippen molar-refractivity contribution in [2.45, 2.75) is 13.5 Å². The summed E-state index contributed by atoms with van der Waals surface area (Å²) in [6.07, 6.45) is 3.35.